The van der Waals surface area contributed by atoms with Crippen LogP contribution in [0.2, 0.25) is 0 Å². The monoisotopic (exact) mass is 347 g/mol. The molecule has 128 valence electrons. The van der Waals surface area contributed by atoms with E-state index >= 15 is 0 Å². The first-order chi connectivity index (χ1) is 11.5. The summed E-state index contributed by atoms with van der Waals surface area (Å²) in [7, 11) is -3.19. The molecule has 1 N–H and O–H groups in total. The fraction of sp³-hybridized carbons (Fsp3) is 0.412. The second kappa shape index (κ2) is 7.27. The van der Waals surface area contributed by atoms with Gasteiger partial charge < -0.3 is 10.1 Å². The van der Waals surface area contributed by atoms with Crippen molar-refractivity contribution in [2.24, 2.45) is 5.92 Å². The van der Waals surface area contributed by atoms with Crippen LogP contribution in [0.4, 0.5) is 0 Å². The number of aromatic nitrogens is 2. The Hall–Kier alpha value is -1.99. The van der Waals surface area contributed by atoms with E-state index in [9.17, 15) is 8.42 Å². The second-order valence-electron chi connectivity index (χ2n) is 6.04. The molecule has 1 aromatic heterocycles. The first-order valence-corrected chi connectivity index (χ1v) is 9.87. The van der Waals surface area contributed by atoms with E-state index in [2.05, 4.69) is 15.3 Å². The summed E-state index contributed by atoms with van der Waals surface area (Å²) in [4.78, 5) is 8.94. The summed E-state index contributed by atoms with van der Waals surface area (Å²) >= 11 is 0. The van der Waals surface area contributed by atoms with Gasteiger partial charge in [-0.25, -0.2) is 18.4 Å². The van der Waals surface area contributed by atoms with Gasteiger partial charge >= 0.3 is 0 Å². The highest BCUT2D eigenvalue weighted by Crippen LogP contribution is 2.20. The number of piperidine rings is 1. The Morgan fingerprint density at radius 1 is 1.12 bits per heavy atom. The fourth-order valence-corrected chi connectivity index (χ4v) is 3.29. The lowest BCUT2D eigenvalue weighted by molar-refractivity contribution is 0.208. The van der Waals surface area contributed by atoms with Crippen LogP contribution in [-0.4, -0.2) is 44.3 Å². The molecule has 0 atom stereocenters. The molecule has 0 amide bonds. The first kappa shape index (κ1) is 16.9. The molecule has 0 radical (unpaired) electrons. The molecule has 0 aliphatic carbocycles. The van der Waals surface area contributed by atoms with Gasteiger partial charge in [-0.3, -0.25) is 0 Å². The lowest BCUT2D eigenvalue weighted by Crippen LogP contribution is -2.30. The first-order valence-electron chi connectivity index (χ1n) is 7.98. The molecule has 1 aliphatic heterocycles. The van der Waals surface area contributed by atoms with Crippen LogP contribution in [0.3, 0.4) is 0 Å². The quantitative estimate of drug-likeness (QED) is 0.890. The molecule has 1 fully saturated rings. The summed E-state index contributed by atoms with van der Waals surface area (Å²) in [6, 6.07) is 6.62. The van der Waals surface area contributed by atoms with Gasteiger partial charge in [-0.2, -0.15) is 0 Å². The van der Waals surface area contributed by atoms with Gasteiger partial charge in [0.25, 0.3) is 0 Å². The summed E-state index contributed by atoms with van der Waals surface area (Å²) in [6.45, 7) is 2.75. The lowest BCUT2D eigenvalue weighted by Gasteiger charge is -2.22. The standard InChI is InChI=1S/C17H21N3O3S/c1-24(21,22)15-4-2-14(3-5-15)16-10-20-17(11-19-16)23-12-13-6-8-18-9-7-13/h2-5,10-11,13,18H,6-9,12H2,1H3. The normalized spacial score (nSPS) is 16.0. The molecule has 24 heavy (non-hydrogen) atoms. The molecular formula is C17H21N3O3S. The van der Waals surface area contributed by atoms with Gasteiger partial charge in [0.15, 0.2) is 9.84 Å². The molecule has 2 aromatic rings. The molecule has 1 aromatic carbocycles. The van der Waals surface area contributed by atoms with Gasteiger partial charge in [0.2, 0.25) is 5.88 Å². The maximum absolute atomic E-state index is 11.5. The number of rotatable bonds is 5. The maximum Gasteiger partial charge on any atom is 0.232 e. The highest BCUT2D eigenvalue weighted by atomic mass is 32.2. The van der Waals surface area contributed by atoms with Gasteiger partial charge in [0, 0.05) is 11.8 Å². The van der Waals surface area contributed by atoms with E-state index in [-0.39, 0.29) is 0 Å². The average molecular weight is 347 g/mol. The fourth-order valence-electron chi connectivity index (χ4n) is 2.66. The van der Waals surface area contributed by atoms with Crippen molar-refractivity contribution in [3.8, 4) is 17.1 Å². The van der Waals surface area contributed by atoms with E-state index in [1.807, 2.05) is 0 Å². The number of ether oxygens (including phenoxy) is 1. The minimum absolute atomic E-state index is 0.293. The summed E-state index contributed by atoms with van der Waals surface area (Å²) < 4.78 is 28.7. The smallest absolute Gasteiger partial charge is 0.232 e. The Morgan fingerprint density at radius 3 is 2.42 bits per heavy atom. The summed E-state index contributed by atoms with van der Waals surface area (Å²) in [6.07, 6.45) is 6.70. The third kappa shape index (κ3) is 4.30. The Bertz CT molecular complexity index is 768. The predicted octanol–water partition coefficient (Wildman–Crippen LogP) is 1.93. The Kier molecular flexibility index (Phi) is 5.11. The minimum atomic E-state index is -3.19. The van der Waals surface area contributed by atoms with E-state index in [4.69, 9.17) is 4.74 Å². The van der Waals surface area contributed by atoms with E-state index in [0.717, 1.165) is 31.5 Å². The van der Waals surface area contributed by atoms with Crippen molar-refractivity contribution >= 4 is 9.84 Å². The number of nitrogens with one attached hydrogen (secondary N) is 1. The zero-order chi connectivity index (χ0) is 17.0. The topological polar surface area (TPSA) is 81.2 Å². The van der Waals surface area contributed by atoms with E-state index in [1.165, 1.54) is 6.26 Å². The van der Waals surface area contributed by atoms with Gasteiger partial charge in [0.05, 0.1) is 29.6 Å². The molecule has 1 saturated heterocycles. The lowest BCUT2D eigenvalue weighted by atomic mass is 9.99. The van der Waals surface area contributed by atoms with Crippen molar-refractivity contribution in [1.82, 2.24) is 15.3 Å². The number of benzene rings is 1. The summed E-state index contributed by atoms with van der Waals surface area (Å²) in [5.74, 6) is 1.08. The molecule has 6 nitrogen and oxygen atoms in total. The Labute approximate surface area is 142 Å². The van der Waals surface area contributed by atoms with E-state index < -0.39 is 9.84 Å². The van der Waals surface area contributed by atoms with Crippen molar-refractivity contribution in [1.29, 1.82) is 0 Å². The van der Waals surface area contributed by atoms with Crippen LogP contribution in [0.25, 0.3) is 11.3 Å². The number of hydrogen-bond donors (Lipinski definition) is 1. The zero-order valence-electron chi connectivity index (χ0n) is 13.6. The number of sulfone groups is 1. The summed E-state index contributed by atoms with van der Waals surface area (Å²) in [5.41, 5.74) is 1.50. The van der Waals surface area contributed by atoms with Gasteiger partial charge in [-0.05, 0) is 44.0 Å². The molecule has 2 heterocycles. The average Bonchev–Trinajstić information content (AvgIpc) is 2.61. The SMILES string of the molecule is CS(=O)(=O)c1ccc(-c2cnc(OCC3CCNCC3)cn2)cc1. The van der Waals surface area contributed by atoms with Crippen LogP contribution in [0.5, 0.6) is 5.88 Å². The van der Waals surface area contributed by atoms with Crippen LogP contribution >= 0.6 is 0 Å². The molecule has 0 bridgehead atoms. The van der Waals surface area contributed by atoms with Crippen LogP contribution < -0.4 is 10.1 Å². The molecule has 0 saturated carbocycles. The third-order valence-corrected chi connectivity index (χ3v) is 5.26. The molecular weight excluding hydrogens is 326 g/mol. The van der Waals surface area contributed by atoms with Gasteiger partial charge in [-0.1, -0.05) is 12.1 Å². The minimum Gasteiger partial charge on any atom is -0.476 e. The van der Waals surface area contributed by atoms with Crippen molar-refractivity contribution < 1.29 is 13.2 Å². The summed E-state index contributed by atoms with van der Waals surface area (Å²) in [5, 5.41) is 3.33. The van der Waals surface area contributed by atoms with Crippen LogP contribution in [0, 0.1) is 5.92 Å². The van der Waals surface area contributed by atoms with Gasteiger partial charge in [0.1, 0.15) is 0 Å². The molecule has 0 unspecified atom stereocenters. The second-order valence-corrected chi connectivity index (χ2v) is 8.06. The molecule has 1 aliphatic rings. The molecule has 3 rings (SSSR count). The van der Waals surface area contributed by atoms with Crippen molar-refractivity contribution in [2.45, 2.75) is 17.7 Å². The maximum atomic E-state index is 11.5. The number of nitrogens with zero attached hydrogens (tertiary/aromatic N) is 2. The highest BCUT2D eigenvalue weighted by Gasteiger charge is 2.14. The largest absolute Gasteiger partial charge is 0.476 e. The molecule has 7 heteroatoms. The number of hydrogen-bond acceptors (Lipinski definition) is 6. The van der Waals surface area contributed by atoms with Crippen molar-refractivity contribution in [3.63, 3.8) is 0 Å². The van der Waals surface area contributed by atoms with Crippen molar-refractivity contribution in [2.75, 3.05) is 26.0 Å². The zero-order valence-corrected chi connectivity index (χ0v) is 14.4. The van der Waals surface area contributed by atoms with Crippen LogP contribution in [0.15, 0.2) is 41.6 Å². The van der Waals surface area contributed by atoms with Gasteiger partial charge in [-0.15, -0.1) is 0 Å². The van der Waals surface area contributed by atoms with E-state index in [0.29, 0.717) is 29.0 Å². The Morgan fingerprint density at radius 2 is 1.83 bits per heavy atom. The van der Waals surface area contributed by atoms with E-state index in [1.54, 1.807) is 36.7 Å². The third-order valence-electron chi connectivity index (χ3n) is 4.13. The van der Waals surface area contributed by atoms with Crippen molar-refractivity contribution in [3.05, 3.63) is 36.7 Å². The van der Waals surface area contributed by atoms with Crippen LogP contribution in [0.1, 0.15) is 12.8 Å². The highest BCUT2D eigenvalue weighted by molar-refractivity contribution is 7.90. The Balaban J connectivity index is 1.63. The van der Waals surface area contributed by atoms with Crippen LogP contribution in [-0.2, 0) is 9.84 Å². The molecule has 0 spiro atoms. The predicted molar refractivity (Wildman–Crippen MR) is 91.7 cm³/mol.